The fourth-order valence-corrected chi connectivity index (χ4v) is 12.5. The van der Waals surface area contributed by atoms with E-state index < -0.39 is 58.6 Å². The maximum absolute atomic E-state index is 15.2. The Bertz CT molecular complexity index is 4940. The van der Waals surface area contributed by atoms with Crippen molar-refractivity contribution in [2.75, 3.05) is 0 Å². The lowest BCUT2D eigenvalue weighted by Crippen LogP contribution is -2.17. The molecule has 15 aromatic rings. The van der Waals surface area contributed by atoms with Gasteiger partial charge in [-0.1, -0.05) is 121 Å². The highest BCUT2D eigenvalue weighted by Crippen LogP contribution is 2.49. The number of rotatable bonds is 4. The number of para-hydroxylation sites is 2. The minimum absolute atomic E-state index is 0.00704. The highest BCUT2D eigenvalue weighted by Gasteiger charge is 2.38. The molecule has 5 aromatic heterocycles. The molecule has 0 aliphatic heterocycles. The molecule has 15 rings (SSSR count). The zero-order valence-corrected chi connectivity index (χ0v) is 42.7. The number of hydrogen-bond donors (Lipinski definition) is 0. The topological polar surface area (TPSA) is 56.4 Å². The third-order valence-corrected chi connectivity index (χ3v) is 16.1. The molecule has 6 nitrogen and oxygen atoms in total. The summed E-state index contributed by atoms with van der Waals surface area (Å²) in [6.45, 7) is 0. The monoisotopic (exact) mass is 1140 g/mol. The molecule has 0 atom stereocenters. The van der Waals surface area contributed by atoms with E-state index in [9.17, 15) is 5.26 Å². The molecule has 0 bridgehead atoms. The van der Waals surface area contributed by atoms with Gasteiger partial charge in [-0.25, -0.2) is 4.98 Å². The van der Waals surface area contributed by atoms with Crippen LogP contribution in [-0.2, 0) is 24.7 Å². The molecule has 0 saturated carbocycles. The lowest BCUT2D eigenvalue weighted by atomic mass is 10.0. The van der Waals surface area contributed by atoms with Crippen LogP contribution in [0.5, 0.6) is 0 Å². The van der Waals surface area contributed by atoms with Crippen molar-refractivity contribution in [3.05, 3.63) is 222 Å². The molecule has 0 saturated heterocycles. The number of pyridine rings is 1. The second kappa shape index (κ2) is 17.4. The van der Waals surface area contributed by atoms with Gasteiger partial charge in [0.25, 0.3) is 0 Å². The van der Waals surface area contributed by atoms with Gasteiger partial charge in [-0.15, -0.1) is 0 Å². The summed E-state index contributed by atoms with van der Waals surface area (Å²) in [5, 5.41) is 18.0. The Balaban J connectivity index is 1.27. The zero-order valence-electron chi connectivity index (χ0n) is 42.7. The van der Waals surface area contributed by atoms with E-state index in [1.807, 2.05) is 60.7 Å². The number of alkyl halides is 12. The van der Waals surface area contributed by atoms with Gasteiger partial charge in [-0.2, -0.15) is 57.9 Å². The number of nitrogens with zero attached hydrogens (tertiary/aromatic N) is 6. The van der Waals surface area contributed by atoms with Crippen LogP contribution < -0.4 is 0 Å². The number of aromatic nitrogens is 5. The lowest BCUT2D eigenvalue weighted by Gasteiger charge is -2.24. The summed E-state index contributed by atoms with van der Waals surface area (Å²) < 4.78 is 188. The van der Waals surface area contributed by atoms with Gasteiger partial charge in [0.05, 0.1) is 66.4 Å². The standard InChI is InChI=1S/C66H32F12N6/c67-63(68,69)36-19-23-42-43-24-20-37(64(70,71)72)30-54(43)83(53(42)29-36)61-59(81-49-15-7-5-13-46(49)57-40-11-3-1-9-34(40)17-27-51(57)81)48(33-79)60(82-50-16-8-6-14-47(50)58-41-12-4-2-10-35(41)18-28-52(58)82)62(80-61)84-55-31-38(65(73,74)75)21-25-44(55)45-26-22-39(32-56(45)84)66(76,77)78/h1-32H. The summed E-state index contributed by atoms with van der Waals surface area (Å²) in [6.07, 6.45) is -20.2. The van der Waals surface area contributed by atoms with Crippen LogP contribution >= 0.6 is 0 Å². The van der Waals surface area contributed by atoms with Crippen molar-refractivity contribution >= 4 is 109 Å². The molecule has 0 unspecified atom stereocenters. The molecule has 84 heavy (non-hydrogen) atoms. The van der Waals surface area contributed by atoms with Crippen molar-refractivity contribution in [2.24, 2.45) is 0 Å². The van der Waals surface area contributed by atoms with Gasteiger partial charge in [0, 0.05) is 43.1 Å². The Morgan fingerprint density at radius 2 is 0.607 bits per heavy atom. The van der Waals surface area contributed by atoms with Gasteiger partial charge in [0.1, 0.15) is 23.0 Å². The summed E-state index contributed by atoms with van der Waals surface area (Å²) >= 11 is 0. The first-order valence-electron chi connectivity index (χ1n) is 26.0. The SMILES string of the molecule is N#Cc1c(-n2c3ccccc3c3c4ccccc4ccc32)c(-n2c3cc(C(F)(F)F)ccc3c3ccc(C(F)(F)F)cc32)nc(-n2c3cc(C(F)(F)F)ccc3c3ccc(C(F)(F)F)cc32)c1-n1c2ccccc2c2c3ccccc3ccc21. The Morgan fingerprint density at radius 1 is 0.298 bits per heavy atom. The first kappa shape index (κ1) is 50.7. The molecule has 18 heteroatoms. The van der Waals surface area contributed by atoms with Gasteiger partial charge in [-0.3, -0.25) is 9.13 Å². The second-order valence-corrected chi connectivity index (χ2v) is 20.6. The van der Waals surface area contributed by atoms with E-state index >= 15 is 52.7 Å². The summed E-state index contributed by atoms with van der Waals surface area (Å²) in [7, 11) is 0. The van der Waals surface area contributed by atoms with Crippen LogP contribution in [0.1, 0.15) is 27.8 Å². The third kappa shape index (κ3) is 7.30. The minimum Gasteiger partial charge on any atom is -0.305 e. The molecule has 0 N–H and O–H groups in total. The van der Waals surface area contributed by atoms with Crippen molar-refractivity contribution in [1.29, 1.82) is 5.26 Å². The predicted molar refractivity (Wildman–Crippen MR) is 301 cm³/mol. The molecule has 410 valence electrons. The predicted octanol–water partition coefficient (Wildman–Crippen LogP) is 19.7. The summed E-state index contributed by atoms with van der Waals surface area (Å²) in [6, 6.07) is 48.7. The first-order chi connectivity index (χ1) is 40.2. The maximum Gasteiger partial charge on any atom is 0.416 e. The average molecular weight is 1140 g/mol. The van der Waals surface area contributed by atoms with Crippen LogP contribution in [0, 0.1) is 11.3 Å². The molecule has 5 heterocycles. The molecule has 0 aliphatic rings. The molecule has 0 aliphatic carbocycles. The number of benzene rings is 10. The van der Waals surface area contributed by atoms with Crippen molar-refractivity contribution in [3.63, 3.8) is 0 Å². The van der Waals surface area contributed by atoms with E-state index in [1.165, 1.54) is 0 Å². The lowest BCUT2D eigenvalue weighted by molar-refractivity contribution is -0.138. The third-order valence-electron chi connectivity index (χ3n) is 16.1. The number of fused-ring (bicyclic) bond motifs is 16. The quantitative estimate of drug-likeness (QED) is 0.165. The van der Waals surface area contributed by atoms with Gasteiger partial charge < -0.3 is 9.13 Å². The Hall–Kier alpha value is -10.3. The number of nitriles is 1. The number of hydrogen-bond acceptors (Lipinski definition) is 2. The average Bonchev–Trinajstić information content (AvgIpc) is 2.03. The van der Waals surface area contributed by atoms with Crippen LogP contribution in [0.25, 0.3) is 132 Å². The van der Waals surface area contributed by atoms with E-state index in [1.54, 1.807) is 69.8 Å². The fraction of sp³-hybridized carbons (Fsp3) is 0.0606. The fourth-order valence-electron chi connectivity index (χ4n) is 12.5. The van der Waals surface area contributed by atoms with E-state index in [0.29, 0.717) is 43.6 Å². The van der Waals surface area contributed by atoms with Crippen LogP contribution in [0.2, 0.25) is 0 Å². The molecule has 0 spiro atoms. The van der Waals surface area contributed by atoms with Crippen LogP contribution in [0.3, 0.4) is 0 Å². The van der Waals surface area contributed by atoms with Gasteiger partial charge in [0.2, 0.25) is 0 Å². The summed E-state index contributed by atoms with van der Waals surface area (Å²) in [4.78, 5) is 5.41. The van der Waals surface area contributed by atoms with Crippen molar-refractivity contribution < 1.29 is 52.7 Å². The maximum atomic E-state index is 15.2. The smallest absolute Gasteiger partial charge is 0.305 e. The molecule has 0 fully saturated rings. The van der Waals surface area contributed by atoms with E-state index in [2.05, 4.69) is 6.07 Å². The highest BCUT2D eigenvalue weighted by molar-refractivity contribution is 6.23. The normalized spacial score (nSPS) is 13.0. The van der Waals surface area contributed by atoms with E-state index in [4.69, 9.17) is 4.98 Å². The van der Waals surface area contributed by atoms with Gasteiger partial charge >= 0.3 is 24.7 Å². The van der Waals surface area contributed by atoms with Crippen molar-refractivity contribution in [1.82, 2.24) is 23.3 Å². The van der Waals surface area contributed by atoms with Gasteiger partial charge in [-0.05, 0) is 94.3 Å². The Labute approximate surface area is 464 Å². The Morgan fingerprint density at radius 3 is 0.929 bits per heavy atom. The molecule has 10 aromatic carbocycles. The van der Waals surface area contributed by atoms with E-state index in [0.717, 1.165) is 103 Å². The minimum atomic E-state index is -5.04. The highest BCUT2D eigenvalue weighted by atomic mass is 19.4. The molecule has 0 radical (unpaired) electrons. The van der Waals surface area contributed by atoms with Crippen LogP contribution in [-0.4, -0.2) is 23.3 Å². The van der Waals surface area contributed by atoms with Gasteiger partial charge in [0.15, 0.2) is 11.6 Å². The van der Waals surface area contributed by atoms with Crippen molar-refractivity contribution in [3.8, 4) is 29.1 Å². The second-order valence-electron chi connectivity index (χ2n) is 20.6. The van der Waals surface area contributed by atoms with Crippen LogP contribution in [0.15, 0.2) is 194 Å². The van der Waals surface area contributed by atoms with E-state index in [-0.39, 0.29) is 60.5 Å². The summed E-state index contributed by atoms with van der Waals surface area (Å²) in [5.74, 6) is -1.03. The molecule has 0 amide bonds. The summed E-state index contributed by atoms with van der Waals surface area (Å²) in [5.41, 5.74) is -5.61. The first-order valence-corrected chi connectivity index (χ1v) is 26.0. The number of halogens is 12. The largest absolute Gasteiger partial charge is 0.416 e. The Kier molecular flexibility index (Phi) is 10.5. The zero-order chi connectivity index (χ0) is 58.1. The molecular weight excluding hydrogens is 1100 g/mol. The van der Waals surface area contributed by atoms with Crippen molar-refractivity contribution in [2.45, 2.75) is 24.7 Å². The van der Waals surface area contributed by atoms with Crippen LogP contribution in [0.4, 0.5) is 52.7 Å². The molecular formula is C66H32F12N6.